The number of hydrogen-bond acceptors (Lipinski definition) is 5. The van der Waals surface area contributed by atoms with Crippen molar-refractivity contribution < 1.29 is 5.11 Å². The molecular formula is C24H28N4O2. The lowest BCUT2D eigenvalue weighted by Gasteiger charge is -2.40. The molecule has 3 heterocycles. The molecular weight excluding hydrogens is 376 g/mol. The first-order valence-electron chi connectivity index (χ1n) is 10.5. The lowest BCUT2D eigenvalue weighted by Crippen LogP contribution is -2.49. The van der Waals surface area contributed by atoms with Crippen LogP contribution in [-0.2, 0) is 6.54 Å². The van der Waals surface area contributed by atoms with Gasteiger partial charge in [0.25, 0.3) is 5.56 Å². The van der Waals surface area contributed by atoms with Gasteiger partial charge >= 0.3 is 0 Å². The molecule has 6 nitrogen and oxygen atoms in total. The Balaban J connectivity index is 1.71. The highest BCUT2D eigenvalue weighted by atomic mass is 16.3. The summed E-state index contributed by atoms with van der Waals surface area (Å²) in [5.74, 6) is 0.0644. The number of aromatic nitrogens is 2. The van der Waals surface area contributed by atoms with Crippen LogP contribution in [0.5, 0.6) is 5.75 Å². The summed E-state index contributed by atoms with van der Waals surface area (Å²) in [6.07, 6.45) is 3.48. The van der Waals surface area contributed by atoms with Gasteiger partial charge in [-0.2, -0.15) is 0 Å². The number of pyridine rings is 2. The molecule has 1 atom stereocenters. The zero-order chi connectivity index (χ0) is 21.1. The molecule has 1 fully saturated rings. The van der Waals surface area contributed by atoms with E-state index in [1.54, 1.807) is 23.0 Å². The molecule has 156 valence electrons. The Labute approximate surface area is 177 Å². The number of benzene rings is 1. The van der Waals surface area contributed by atoms with Crippen LogP contribution in [0.3, 0.4) is 0 Å². The van der Waals surface area contributed by atoms with Gasteiger partial charge in [-0.1, -0.05) is 18.2 Å². The number of piperazine rings is 1. The second-order valence-electron chi connectivity index (χ2n) is 7.68. The van der Waals surface area contributed by atoms with Gasteiger partial charge in [-0.25, -0.2) is 0 Å². The van der Waals surface area contributed by atoms with Gasteiger partial charge in [0, 0.05) is 56.5 Å². The zero-order valence-corrected chi connectivity index (χ0v) is 17.5. The SMILES string of the molecule is CCn1c(C)cc(O)c(C(c2ccncc2)N2CCN(c3ccccc3)CC2)c1=O. The van der Waals surface area contributed by atoms with Crippen LogP contribution in [0.25, 0.3) is 0 Å². The van der Waals surface area contributed by atoms with Crippen LogP contribution in [0, 0.1) is 6.92 Å². The summed E-state index contributed by atoms with van der Waals surface area (Å²) in [4.78, 5) is 22.1. The van der Waals surface area contributed by atoms with Gasteiger partial charge in [-0.15, -0.1) is 0 Å². The van der Waals surface area contributed by atoms with Gasteiger partial charge in [0.1, 0.15) is 5.75 Å². The Morgan fingerprint density at radius 1 is 1.03 bits per heavy atom. The molecule has 1 N–H and O–H groups in total. The Kier molecular flexibility index (Phi) is 5.86. The molecule has 1 aliphatic heterocycles. The summed E-state index contributed by atoms with van der Waals surface area (Å²) in [7, 11) is 0. The van der Waals surface area contributed by atoms with Crippen LogP contribution in [-0.4, -0.2) is 45.7 Å². The van der Waals surface area contributed by atoms with Crippen LogP contribution in [0.1, 0.15) is 29.8 Å². The fourth-order valence-corrected chi connectivity index (χ4v) is 4.40. The summed E-state index contributed by atoms with van der Waals surface area (Å²) in [5.41, 5.74) is 3.27. The van der Waals surface area contributed by atoms with Gasteiger partial charge in [-0.05, 0) is 49.7 Å². The Morgan fingerprint density at radius 2 is 1.70 bits per heavy atom. The molecule has 0 saturated carbocycles. The Morgan fingerprint density at radius 3 is 2.33 bits per heavy atom. The second kappa shape index (κ2) is 8.71. The third kappa shape index (κ3) is 3.83. The number of aromatic hydroxyl groups is 1. The molecule has 4 rings (SSSR count). The highest BCUT2D eigenvalue weighted by molar-refractivity contribution is 5.47. The van der Waals surface area contributed by atoms with E-state index in [0.717, 1.165) is 37.4 Å². The number of hydrogen-bond donors (Lipinski definition) is 1. The molecule has 3 aromatic rings. The largest absolute Gasteiger partial charge is 0.507 e. The number of para-hydroxylation sites is 1. The fraction of sp³-hybridized carbons (Fsp3) is 0.333. The highest BCUT2D eigenvalue weighted by Gasteiger charge is 2.31. The topological polar surface area (TPSA) is 61.6 Å². The molecule has 0 aliphatic carbocycles. The van der Waals surface area contributed by atoms with Crippen LogP contribution in [0.2, 0.25) is 0 Å². The number of anilines is 1. The number of aryl methyl sites for hydroxylation is 1. The maximum Gasteiger partial charge on any atom is 0.259 e. The molecule has 2 aromatic heterocycles. The fourth-order valence-electron chi connectivity index (χ4n) is 4.40. The number of nitrogens with zero attached hydrogens (tertiary/aromatic N) is 4. The maximum absolute atomic E-state index is 13.3. The van der Waals surface area contributed by atoms with Gasteiger partial charge in [0.2, 0.25) is 0 Å². The standard InChI is InChI=1S/C24H28N4O2/c1-3-28-18(2)17-21(29)22(24(28)30)23(19-9-11-25-12-10-19)27-15-13-26(14-16-27)20-7-5-4-6-8-20/h4-12,17,23,29H,3,13-16H2,1-2H3. The van der Waals surface area contributed by atoms with E-state index in [9.17, 15) is 9.90 Å². The summed E-state index contributed by atoms with van der Waals surface area (Å²) < 4.78 is 1.73. The van der Waals surface area contributed by atoms with Crippen molar-refractivity contribution in [1.29, 1.82) is 0 Å². The molecule has 0 spiro atoms. The third-order valence-electron chi connectivity index (χ3n) is 5.94. The van der Waals surface area contributed by atoms with E-state index in [4.69, 9.17) is 0 Å². The minimum Gasteiger partial charge on any atom is -0.507 e. The molecule has 6 heteroatoms. The van der Waals surface area contributed by atoms with E-state index in [1.807, 2.05) is 32.0 Å². The van der Waals surface area contributed by atoms with Crippen molar-refractivity contribution in [3.05, 3.63) is 88.1 Å². The predicted molar refractivity (Wildman–Crippen MR) is 119 cm³/mol. The highest BCUT2D eigenvalue weighted by Crippen LogP contribution is 2.33. The predicted octanol–water partition coefficient (Wildman–Crippen LogP) is 3.19. The normalized spacial score (nSPS) is 15.9. The summed E-state index contributed by atoms with van der Waals surface area (Å²) in [6, 6.07) is 15.7. The third-order valence-corrected chi connectivity index (χ3v) is 5.94. The average molecular weight is 405 g/mol. The summed E-state index contributed by atoms with van der Waals surface area (Å²) in [6.45, 7) is 7.69. The van der Waals surface area contributed by atoms with Crippen molar-refractivity contribution in [2.75, 3.05) is 31.1 Å². The first-order chi connectivity index (χ1) is 14.6. The monoisotopic (exact) mass is 404 g/mol. The van der Waals surface area contributed by atoms with Crippen molar-refractivity contribution >= 4 is 5.69 Å². The van der Waals surface area contributed by atoms with Gasteiger partial charge in [0.05, 0.1) is 11.6 Å². The minimum absolute atomic E-state index is 0.0644. The average Bonchev–Trinajstić information content (AvgIpc) is 2.78. The minimum atomic E-state index is -0.308. The van der Waals surface area contributed by atoms with Crippen LogP contribution < -0.4 is 10.5 Å². The first-order valence-corrected chi connectivity index (χ1v) is 10.5. The van der Waals surface area contributed by atoms with Crippen LogP contribution in [0.4, 0.5) is 5.69 Å². The first kappa shape index (κ1) is 20.2. The lowest BCUT2D eigenvalue weighted by atomic mass is 9.96. The Hall–Kier alpha value is -3.12. The van der Waals surface area contributed by atoms with Crippen LogP contribution in [0.15, 0.2) is 65.7 Å². The second-order valence-corrected chi connectivity index (χ2v) is 7.68. The summed E-state index contributed by atoms with van der Waals surface area (Å²) in [5, 5.41) is 10.8. The van der Waals surface area contributed by atoms with Crippen molar-refractivity contribution in [1.82, 2.24) is 14.5 Å². The molecule has 0 radical (unpaired) electrons. The van der Waals surface area contributed by atoms with E-state index < -0.39 is 0 Å². The lowest BCUT2D eigenvalue weighted by molar-refractivity contribution is 0.207. The quantitative estimate of drug-likeness (QED) is 0.708. The molecule has 0 amide bonds. The van der Waals surface area contributed by atoms with Crippen molar-refractivity contribution in [3.63, 3.8) is 0 Å². The summed E-state index contributed by atoms with van der Waals surface area (Å²) >= 11 is 0. The molecule has 0 bridgehead atoms. The van der Waals surface area contributed by atoms with Gasteiger partial charge in [0.15, 0.2) is 0 Å². The maximum atomic E-state index is 13.3. The van der Waals surface area contributed by atoms with E-state index >= 15 is 0 Å². The van der Waals surface area contributed by atoms with Crippen molar-refractivity contribution in [3.8, 4) is 5.75 Å². The van der Waals surface area contributed by atoms with E-state index in [2.05, 4.69) is 39.0 Å². The Bertz CT molecular complexity index is 1040. The molecule has 1 unspecified atom stereocenters. The smallest absolute Gasteiger partial charge is 0.259 e. The number of rotatable bonds is 5. The van der Waals surface area contributed by atoms with E-state index in [1.165, 1.54) is 5.69 Å². The van der Waals surface area contributed by atoms with E-state index in [-0.39, 0.29) is 17.4 Å². The zero-order valence-electron chi connectivity index (χ0n) is 17.5. The van der Waals surface area contributed by atoms with Gasteiger partial charge < -0.3 is 14.6 Å². The molecule has 1 aromatic carbocycles. The van der Waals surface area contributed by atoms with Gasteiger partial charge in [-0.3, -0.25) is 14.7 Å². The van der Waals surface area contributed by atoms with Crippen LogP contribution >= 0.6 is 0 Å². The molecule has 1 saturated heterocycles. The van der Waals surface area contributed by atoms with E-state index in [0.29, 0.717) is 12.1 Å². The van der Waals surface area contributed by atoms with Crippen molar-refractivity contribution in [2.24, 2.45) is 0 Å². The molecule has 1 aliphatic rings. The van der Waals surface area contributed by atoms with Crippen molar-refractivity contribution in [2.45, 2.75) is 26.4 Å². The molecule has 30 heavy (non-hydrogen) atoms.